The van der Waals surface area contributed by atoms with E-state index in [2.05, 4.69) is 19.2 Å². The highest BCUT2D eigenvalue weighted by atomic mass is 16.4. The van der Waals surface area contributed by atoms with E-state index in [4.69, 9.17) is 5.11 Å². The predicted molar refractivity (Wildman–Crippen MR) is 84.4 cm³/mol. The monoisotopic (exact) mass is 301 g/mol. The van der Waals surface area contributed by atoms with Crippen LogP contribution in [0.5, 0.6) is 0 Å². The lowest BCUT2D eigenvalue weighted by Crippen LogP contribution is -2.46. The highest BCUT2D eigenvalue weighted by Gasteiger charge is 2.20. The summed E-state index contributed by atoms with van der Waals surface area (Å²) in [5.41, 5.74) is 0. The van der Waals surface area contributed by atoms with E-state index in [1.165, 1.54) is 0 Å². The first-order chi connectivity index (χ1) is 9.77. The Balaban J connectivity index is 4.46. The number of aliphatic carboxylic acids is 1. The third-order valence-electron chi connectivity index (χ3n) is 3.18. The number of hydrogen-bond acceptors (Lipinski definition) is 3. The second kappa shape index (κ2) is 10.4. The number of carboxylic acid groups (broad SMARTS) is 1. The molecule has 6 nitrogen and oxygen atoms in total. The maximum Gasteiger partial charge on any atom is 0.317 e. The van der Waals surface area contributed by atoms with Crippen molar-refractivity contribution in [3.8, 4) is 0 Å². The maximum absolute atomic E-state index is 12.2. The van der Waals surface area contributed by atoms with Crippen LogP contribution < -0.4 is 5.32 Å². The second-order valence-corrected chi connectivity index (χ2v) is 6.15. The summed E-state index contributed by atoms with van der Waals surface area (Å²) in [5.74, 6) is -0.974. The van der Waals surface area contributed by atoms with Crippen molar-refractivity contribution < 1.29 is 14.7 Å². The molecule has 0 aromatic rings. The Kier molecular flexibility index (Phi) is 9.78. The number of urea groups is 1. The highest BCUT2D eigenvalue weighted by Crippen LogP contribution is 2.06. The molecule has 0 rings (SSSR count). The fraction of sp³-hybridized carbons (Fsp3) is 0.867. The van der Waals surface area contributed by atoms with Gasteiger partial charge in [-0.05, 0) is 26.4 Å². The predicted octanol–water partition coefficient (Wildman–Crippen LogP) is 1.72. The maximum atomic E-state index is 12.2. The van der Waals surface area contributed by atoms with Crippen molar-refractivity contribution in [2.24, 2.45) is 11.8 Å². The number of rotatable bonds is 10. The minimum atomic E-state index is -0.846. The lowest BCUT2D eigenvalue weighted by atomic mass is 10.0. The van der Waals surface area contributed by atoms with Crippen LogP contribution in [0.3, 0.4) is 0 Å². The van der Waals surface area contributed by atoms with Crippen molar-refractivity contribution in [1.29, 1.82) is 0 Å². The highest BCUT2D eigenvalue weighted by molar-refractivity contribution is 5.76. The number of likely N-dealkylation sites (N-methyl/N-ethyl adjacent to an activating group) is 1. The van der Waals surface area contributed by atoms with Crippen LogP contribution in [0.15, 0.2) is 0 Å². The van der Waals surface area contributed by atoms with Gasteiger partial charge >= 0.3 is 12.0 Å². The zero-order chi connectivity index (χ0) is 16.4. The number of hydrogen-bond donors (Lipinski definition) is 2. The number of carbonyl (C=O) groups excluding carboxylic acids is 1. The number of amides is 2. The molecule has 1 unspecified atom stereocenters. The van der Waals surface area contributed by atoms with E-state index >= 15 is 0 Å². The van der Waals surface area contributed by atoms with Crippen LogP contribution in [0.25, 0.3) is 0 Å². The SMILES string of the molecule is CCCC(CNC(=O)N(CCN(C)C)CC(C)C)C(=O)O. The molecule has 0 bridgehead atoms. The Hall–Kier alpha value is -1.30. The average molecular weight is 301 g/mol. The van der Waals surface area contributed by atoms with Crippen LogP contribution >= 0.6 is 0 Å². The third-order valence-corrected chi connectivity index (χ3v) is 3.18. The first-order valence-electron chi connectivity index (χ1n) is 7.68. The molecule has 0 saturated heterocycles. The third kappa shape index (κ3) is 9.28. The van der Waals surface area contributed by atoms with Gasteiger partial charge in [-0.3, -0.25) is 4.79 Å². The number of nitrogens with one attached hydrogen (secondary N) is 1. The molecule has 1 atom stereocenters. The zero-order valence-electron chi connectivity index (χ0n) is 14.1. The van der Waals surface area contributed by atoms with Gasteiger partial charge in [-0.2, -0.15) is 0 Å². The lowest BCUT2D eigenvalue weighted by molar-refractivity contribution is -0.141. The Morgan fingerprint density at radius 2 is 1.81 bits per heavy atom. The van der Waals surface area contributed by atoms with Gasteiger partial charge in [-0.1, -0.05) is 27.2 Å². The molecule has 21 heavy (non-hydrogen) atoms. The summed E-state index contributed by atoms with van der Waals surface area (Å²) in [6.07, 6.45) is 1.38. The molecule has 0 radical (unpaired) electrons. The van der Waals surface area contributed by atoms with Crippen LogP contribution in [0.2, 0.25) is 0 Å². The molecule has 2 amide bonds. The smallest absolute Gasteiger partial charge is 0.317 e. The van der Waals surface area contributed by atoms with Gasteiger partial charge in [0.15, 0.2) is 0 Å². The molecule has 0 aromatic heterocycles. The second-order valence-electron chi connectivity index (χ2n) is 6.15. The van der Waals surface area contributed by atoms with E-state index in [0.29, 0.717) is 25.4 Å². The quantitative estimate of drug-likeness (QED) is 0.644. The molecule has 2 N–H and O–H groups in total. The van der Waals surface area contributed by atoms with Gasteiger partial charge in [0.1, 0.15) is 0 Å². The van der Waals surface area contributed by atoms with Gasteiger partial charge < -0.3 is 20.2 Å². The fourth-order valence-corrected chi connectivity index (χ4v) is 2.02. The summed E-state index contributed by atoms with van der Waals surface area (Å²) in [7, 11) is 3.93. The van der Waals surface area contributed by atoms with Crippen molar-refractivity contribution in [2.45, 2.75) is 33.6 Å². The largest absolute Gasteiger partial charge is 0.481 e. The summed E-state index contributed by atoms with van der Waals surface area (Å²) < 4.78 is 0. The topological polar surface area (TPSA) is 72.9 Å². The van der Waals surface area contributed by atoms with E-state index < -0.39 is 11.9 Å². The van der Waals surface area contributed by atoms with Crippen molar-refractivity contribution in [3.05, 3.63) is 0 Å². The van der Waals surface area contributed by atoms with Crippen molar-refractivity contribution in [1.82, 2.24) is 15.1 Å². The van der Waals surface area contributed by atoms with Gasteiger partial charge in [0, 0.05) is 26.2 Å². The van der Waals surface area contributed by atoms with E-state index in [-0.39, 0.29) is 12.6 Å². The summed E-state index contributed by atoms with van der Waals surface area (Å²) in [5, 5.41) is 11.9. The van der Waals surface area contributed by atoms with Crippen LogP contribution in [0.4, 0.5) is 4.79 Å². The van der Waals surface area contributed by atoms with Gasteiger partial charge in [0.2, 0.25) is 0 Å². The van der Waals surface area contributed by atoms with E-state index in [9.17, 15) is 9.59 Å². The summed E-state index contributed by atoms with van der Waals surface area (Å²) in [4.78, 5) is 27.1. The Morgan fingerprint density at radius 3 is 2.24 bits per heavy atom. The van der Waals surface area contributed by atoms with Gasteiger partial charge in [-0.15, -0.1) is 0 Å². The first-order valence-corrected chi connectivity index (χ1v) is 7.68. The average Bonchev–Trinajstić information content (AvgIpc) is 2.38. The molecule has 0 spiro atoms. The molecule has 6 heteroatoms. The molecular formula is C15H31N3O3. The van der Waals surface area contributed by atoms with Gasteiger partial charge in [-0.25, -0.2) is 4.79 Å². The number of carboxylic acids is 1. The Bertz CT molecular complexity index is 319. The molecular weight excluding hydrogens is 270 g/mol. The summed E-state index contributed by atoms with van der Waals surface area (Å²) in [6.45, 7) is 8.36. The molecule has 0 aromatic carbocycles. The molecule has 124 valence electrons. The van der Waals surface area contributed by atoms with Crippen molar-refractivity contribution >= 4 is 12.0 Å². The minimum absolute atomic E-state index is 0.173. The zero-order valence-corrected chi connectivity index (χ0v) is 14.1. The lowest BCUT2D eigenvalue weighted by Gasteiger charge is -2.27. The Labute approximate surface area is 128 Å². The van der Waals surface area contributed by atoms with Crippen LogP contribution in [0.1, 0.15) is 33.6 Å². The molecule has 0 heterocycles. The van der Waals surface area contributed by atoms with E-state index in [1.54, 1.807) is 4.90 Å². The molecule has 0 aliphatic carbocycles. The fourth-order valence-electron chi connectivity index (χ4n) is 2.02. The van der Waals surface area contributed by atoms with E-state index in [1.807, 2.05) is 25.9 Å². The van der Waals surface area contributed by atoms with Crippen molar-refractivity contribution in [3.63, 3.8) is 0 Å². The van der Waals surface area contributed by atoms with Gasteiger partial charge in [0.05, 0.1) is 5.92 Å². The van der Waals surface area contributed by atoms with Crippen LogP contribution in [0, 0.1) is 11.8 Å². The van der Waals surface area contributed by atoms with Crippen LogP contribution in [-0.4, -0.2) is 67.2 Å². The van der Waals surface area contributed by atoms with Gasteiger partial charge in [0.25, 0.3) is 0 Å². The van der Waals surface area contributed by atoms with E-state index in [0.717, 1.165) is 13.0 Å². The first kappa shape index (κ1) is 19.7. The van der Waals surface area contributed by atoms with Crippen molar-refractivity contribution in [2.75, 3.05) is 40.3 Å². The summed E-state index contributed by atoms with van der Waals surface area (Å²) >= 11 is 0. The van der Waals surface area contributed by atoms with Crippen LogP contribution in [-0.2, 0) is 4.79 Å². The standard InChI is InChI=1S/C15H31N3O3/c1-6-7-13(14(19)20)10-16-15(21)18(11-12(2)3)9-8-17(4)5/h12-13H,6-11H2,1-5H3,(H,16,21)(H,19,20). The molecule has 0 fully saturated rings. The Morgan fingerprint density at radius 1 is 1.19 bits per heavy atom. The molecule has 0 aliphatic heterocycles. The number of nitrogens with zero attached hydrogens (tertiary/aromatic N) is 2. The summed E-state index contributed by atoms with van der Waals surface area (Å²) in [6, 6.07) is -0.173. The molecule has 0 aliphatic rings. The number of carbonyl (C=O) groups is 2. The minimum Gasteiger partial charge on any atom is -0.481 e. The normalized spacial score (nSPS) is 12.5. The molecule has 0 saturated carbocycles.